The van der Waals surface area contributed by atoms with Gasteiger partial charge in [0, 0.05) is 34.9 Å². The van der Waals surface area contributed by atoms with Crippen LogP contribution in [-0.4, -0.2) is 13.2 Å². The Morgan fingerprint density at radius 3 is 1.88 bits per heavy atom. The van der Waals surface area contributed by atoms with E-state index in [0.29, 0.717) is 13.2 Å². The van der Waals surface area contributed by atoms with E-state index in [2.05, 4.69) is 17.2 Å². The molecule has 2 N–H and O–H groups in total. The van der Waals surface area contributed by atoms with Gasteiger partial charge in [-0.1, -0.05) is 36.9 Å². The van der Waals surface area contributed by atoms with Gasteiger partial charge in [0.15, 0.2) is 0 Å². The Balaban J connectivity index is 1.34. The minimum atomic E-state index is 0.462. The molecule has 4 aromatic rings. The number of para-hydroxylation sites is 1. The second-order valence-electron chi connectivity index (χ2n) is 7.18. The van der Waals surface area contributed by atoms with Gasteiger partial charge >= 0.3 is 0 Å². The summed E-state index contributed by atoms with van der Waals surface area (Å²) in [6.45, 7) is 4.44. The number of ether oxygens (including phenoxy) is 3. The van der Waals surface area contributed by atoms with E-state index in [1.807, 2.05) is 103 Å². The first kappa shape index (κ1) is 21.8. The predicted molar refractivity (Wildman–Crippen MR) is 134 cm³/mol. The Bertz CT molecular complexity index is 1160. The lowest BCUT2D eigenvalue weighted by atomic mass is 10.2. The summed E-state index contributed by atoms with van der Waals surface area (Å²) in [5, 5.41) is 6.76. The molecule has 4 aromatic carbocycles. The topological polar surface area (TPSA) is 51.8 Å². The summed E-state index contributed by atoms with van der Waals surface area (Å²) in [6, 6.07) is 33.6. The molecule has 0 heterocycles. The van der Waals surface area contributed by atoms with Gasteiger partial charge in [0.2, 0.25) is 0 Å². The molecule has 0 bridgehead atoms. The second-order valence-corrected chi connectivity index (χ2v) is 7.18. The number of benzene rings is 4. The molecule has 0 aromatic heterocycles. The number of anilines is 4. The molecule has 0 aliphatic rings. The molecule has 0 fully saturated rings. The average molecular weight is 439 g/mol. The van der Waals surface area contributed by atoms with Gasteiger partial charge in [0.1, 0.15) is 30.5 Å². The number of hydrogen-bond acceptors (Lipinski definition) is 5. The van der Waals surface area contributed by atoms with Crippen molar-refractivity contribution in [2.75, 3.05) is 23.8 Å². The molecule has 5 nitrogen and oxygen atoms in total. The number of nitrogens with one attached hydrogen (secondary N) is 2. The molecular formula is C28H26N2O3. The van der Waals surface area contributed by atoms with Crippen molar-refractivity contribution in [3.05, 3.63) is 116 Å². The van der Waals surface area contributed by atoms with E-state index >= 15 is 0 Å². The lowest BCUT2D eigenvalue weighted by Gasteiger charge is -2.12. The fourth-order valence-electron chi connectivity index (χ4n) is 3.19. The zero-order valence-electron chi connectivity index (χ0n) is 18.2. The van der Waals surface area contributed by atoms with Crippen LogP contribution in [0.2, 0.25) is 0 Å². The Morgan fingerprint density at radius 2 is 1.18 bits per heavy atom. The smallest absolute Gasteiger partial charge is 0.129 e. The summed E-state index contributed by atoms with van der Waals surface area (Å²) in [5.41, 5.74) is 3.89. The van der Waals surface area contributed by atoms with Crippen LogP contribution in [-0.2, 0) is 4.74 Å². The van der Waals surface area contributed by atoms with Crippen LogP contribution < -0.4 is 20.1 Å². The van der Waals surface area contributed by atoms with Crippen molar-refractivity contribution in [3.63, 3.8) is 0 Å². The normalized spacial score (nSPS) is 10.2. The van der Waals surface area contributed by atoms with Crippen LogP contribution in [0.4, 0.5) is 22.7 Å². The summed E-state index contributed by atoms with van der Waals surface area (Å²) < 4.78 is 16.8. The van der Waals surface area contributed by atoms with Crippen LogP contribution in [0.25, 0.3) is 0 Å². The SMILES string of the molecule is C=COCCOc1cccc(Nc2ccc(Oc3cccc(Nc4ccccc4)c3)cc2)c1. The molecule has 4 rings (SSSR count). The van der Waals surface area contributed by atoms with E-state index in [-0.39, 0.29) is 0 Å². The van der Waals surface area contributed by atoms with Crippen LogP contribution in [0.5, 0.6) is 17.2 Å². The molecule has 0 spiro atoms. The lowest BCUT2D eigenvalue weighted by molar-refractivity contribution is 0.180. The van der Waals surface area contributed by atoms with Crippen molar-refractivity contribution in [1.29, 1.82) is 0 Å². The molecule has 0 unspecified atom stereocenters. The van der Waals surface area contributed by atoms with E-state index in [1.165, 1.54) is 6.26 Å². The third-order valence-corrected chi connectivity index (χ3v) is 4.70. The molecule has 0 atom stereocenters. The summed E-state index contributed by atoms with van der Waals surface area (Å²) in [5.74, 6) is 2.30. The Labute approximate surface area is 194 Å². The van der Waals surface area contributed by atoms with Crippen molar-refractivity contribution in [2.45, 2.75) is 0 Å². The molecular weight excluding hydrogens is 412 g/mol. The van der Waals surface area contributed by atoms with E-state index in [1.54, 1.807) is 0 Å². The zero-order chi connectivity index (χ0) is 22.7. The summed E-state index contributed by atoms with van der Waals surface area (Å²) >= 11 is 0. The highest BCUT2D eigenvalue weighted by Gasteiger charge is 2.02. The van der Waals surface area contributed by atoms with Crippen LogP contribution >= 0.6 is 0 Å². The Morgan fingerprint density at radius 1 is 0.576 bits per heavy atom. The van der Waals surface area contributed by atoms with Gasteiger partial charge in [-0.2, -0.15) is 0 Å². The van der Waals surface area contributed by atoms with Crippen molar-refractivity contribution in [2.24, 2.45) is 0 Å². The molecule has 0 saturated heterocycles. The number of rotatable bonds is 11. The minimum Gasteiger partial charge on any atom is -0.498 e. The predicted octanol–water partition coefficient (Wildman–Crippen LogP) is 7.51. The highest BCUT2D eigenvalue weighted by Crippen LogP contribution is 2.28. The largest absolute Gasteiger partial charge is 0.498 e. The average Bonchev–Trinajstić information content (AvgIpc) is 2.84. The maximum atomic E-state index is 6.04. The molecule has 0 aliphatic heterocycles. The first-order chi connectivity index (χ1) is 16.3. The Hall–Kier alpha value is -4.38. The first-order valence-electron chi connectivity index (χ1n) is 10.7. The molecule has 0 amide bonds. The van der Waals surface area contributed by atoms with Gasteiger partial charge in [-0.3, -0.25) is 0 Å². The van der Waals surface area contributed by atoms with Gasteiger partial charge < -0.3 is 24.8 Å². The monoisotopic (exact) mass is 438 g/mol. The van der Waals surface area contributed by atoms with Crippen molar-refractivity contribution < 1.29 is 14.2 Å². The highest BCUT2D eigenvalue weighted by atomic mass is 16.5. The van der Waals surface area contributed by atoms with E-state index in [0.717, 1.165) is 40.0 Å². The lowest BCUT2D eigenvalue weighted by Crippen LogP contribution is -2.03. The van der Waals surface area contributed by atoms with Crippen LogP contribution in [0, 0.1) is 0 Å². The van der Waals surface area contributed by atoms with Gasteiger partial charge in [0.25, 0.3) is 0 Å². The van der Waals surface area contributed by atoms with Crippen molar-refractivity contribution >= 4 is 22.7 Å². The van der Waals surface area contributed by atoms with Gasteiger partial charge in [-0.25, -0.2) is 0 Å². The maximum absolute atomic E-state index is 6.04. The van der Waals surface area contributed by atoms with Crippen molar-refractivity contribution in [1.82, 2.24) is 0 Å². The summed E-state index contributed by atoms with van der Waals surface area (Å²) in [7, 11) is 0. The Kier molecular flexibility index (Phi) is 7.48. The van der Waals surface area contributed by atoms with E-state index in [9.17, 15) is 0 Å². The summed E-state index contributed by atoms with van der Waals surface area (Å²) in [4.78, 5) is 0. The molecule has 166 valence electrons. The van der Waals surface area contributed by atoms with Gasteiger partial charge in [-0.05, 0) is 60.7 Å². The van der Waals surface area contributed by atoms with E-state index in [4.69, 9.17) is 14.2 Å². The molecule has 0 aliphatic carbocycles. The second kappa shape index (κ2) is 11.3. The van der Waals surface area contributed by atoms with Crippen LogP contribution in [0.3, 0.4) is 0 Å². The standard InChI is InChI=1S/C28H26N2O3/c1-2-31-18-19-32-27-12-6-10-24(20-27)30-23-14-16-26(17-15-23)33-28-13-7-11-25(21-28)29-22-8-4-3-5-9-22/h2-17,20-21,29-30H,1,18-19H2. The van der Waals surface area contributed by atoms with Crippen LogP contribution in [0.15, 0.2) is 116 Å². The molecule has 0 saturated carbocycles. The molecule has 5 heteroatoms. The fraction of sp³-hybridized carbons (Fsp3) is 0.0714. The van der Waals surface area contributed by atoms with Crippen molar-refractivity contribution in [3.8, 4) is 17.2 Å². The molecule has 33 heavy (non-hydrogen) atoms. The van der Waals surface area contributed by atoms with Crippen LogP contribution in [0.1, 0.15) is 0 Å². The fourth-order valence-corrected chi connectivity index (χ4v) is 3.19. The summed E-state index contributed by atoms with van der Waals surface area (Å²) in [6.07, 6.45) is 1.41. The zero-order valence-corrected chi connectivity index (χ0v) is 18.2. The van der Waals surface area contributed by atoms with Gasteiger partial charge in [0.05, 0.1) is 6.26 Å². The van der Waals surface area contributed by atoms with E-state index < -0.39 is 0 Å². The number of hydrogen-bond donors (Lipinski definition) is 2. The quantitative estimate of drug-likeness (QED) is 0.187. The molecule has 0 radical (unpaired) electrons. The minimum absolute atomic E-state index is 0.462. The maximum Gasteiger partial charge on any atom is 0.129 e. The third-order valence-electron chi connectivity index (χ3n) is 4.70. The highest BCUT2D eigenvalue weighted by molar-refractivity contribution is 5.63. The third kappa shape index (κ3) is 6.80. The van der Waals surface area contributed by atoms with Gasteiger partial charge in [-0.15, -0.1) is 0 Å². The first-order valence-corrected chi connectivity index (χ1v) is 10.7.